The molecule has 5 nitrogen and oxygen atoms in total. The molecule has 3 N–H and O–H groups in total. The maximum atomic E-state index is 12.8. The number of nitrogens with one attached hydrogen (secondary N) is 1. The van der Waals surface area contributed by atoms with E-state index in [2.05, 4.69) is 5.32 Å². The minimum absolute atomic E-state index is 0. The molecule has 0 aliphatic rings. The zero-order valence-electron chi connectivity index (χ0n) is 13.0. The fraction of sp³-hybridized carbons (Fsp3) is 0.312. The molecule has 0 aliphatic heterocycles. The highest BCUT2D eigenvalue weighted by Crippen LogP contribution is 2.15. The Hall–Kier alpha value is -2.05. The van der Waals surface area contributed by atoms with Crippen molar-refractivity contribution in [2.45, 2.75) is 26.0 Å². The lowest BCUT2D eigenvalue weighted by Crippen LogP contribution is -2.45. The minimum atomic E-state index is -0.489. The van der Waals surface area contributed by atoms with E-state index < -0.39 is 5.54 Å². The molecule has 126 valence electrons. The number of nitrogens with two attached hydrogens (primary N) is 1. The summed E-state index contributed by atoms with van der Waals surface area (Å²) in [5, 5.41) is 2.69. The van der Waals surface area contributed by atoms with Crippen LogP contribution in [0.4, 0.5) is 4.39 Å². The molecule has 1 heterocycles. The zero-order valence-corrected chi connectivity index (χ0v) is 13.8. The molecule has 0 spiro atoms. The lowest BCUT2D eigenvalue weighted by atomic mass is 10.1. The molecule has 1 aromatic carbocycles. The molecule has 7 heteroatoms. The molecular weight excluding hydrogens is 323 g/mol. The van der Waals surface area contributed by atoms with Crippen molar-refractivity contribution >= 4 is 18.3 Å². The van der Waals surface area contributed by atoms with Gasteiger partial charge >= 0.3 is 0 Å². The maximum absolute atomic E-state index is 12.8. The van der Waals surface area contributed by atoms with Gasteiger partial charge in [0.05, 0.1) is 0 Å². The Bertz CT molecular complexity index is 636. The van der Waals surface area contributed by atoms with Gasteiger partial charge in [0.2, 0.25) is 0 Å². The summed E-state index contributed by atoms with van der Waals surface area (Å²) in [5.74, 6) is 0.566. The van der Waals surface area contributed by atoms with E-state index in [4.69, 9.17) is 14.9 Å². The highest BCUT2D eigenvalue weighted by Gasteiger charge is 2.16. The third-order valence-corrected chi connectivity index (χ3v) is 2.78. The van der Waals surface area contributed by atoms with Crippen LogP contribution in [0.1, 0.15) is 30.2 Å². The van der Waals surface area contributed by atoms with Crippen molar-refractivity contribution < 1.29 is 18.3 Å². The lowest BCUT2D eigenvalue weighted by molar-refractivity contribution is 0.0914. The zero-order chi connectivity index (χ0) is 16.2. The smallest absolute Gasteiger partial charge is 0.287 e. The van der Waals surface area contributed by atoms with Crippen LogP contribution < -0.4 is 15.8 Å². The number of hydrogen-bond donors (Lipinski definition) is 2. The summed E-state index contributed by atoms with van der Waals surface area (Å²) in [6, 6.07) is 8.90. The van der Waals surface area contributed by atoms with Crippen molar-refractivity contribution in [3.63, 3.8) is 0 Å². The van der Waals surface area contributed by atoms with E-state index in [-0.39, 0.29) is 36.5 Å². The Kier molecular flexibility index (Phi) is 6.60. The number of hydrogen-bond acceptors (Lipinski definition) is 4. The summed E-state index contributed by atoms with van der Waals surface area (Å²) >= 11 is 0. The van der Waals surface area contributed by atoms with Gasteiger partial charge in [0.1, 0.15) is 23.9 Å². The van der Waals surface area contributed by atoms with E-state index in [1.54, 1.807) is 12.1 Å². The molecule has 2 aromatic rings. The molecule has 1 aromatic heterocycles. The second-order valence-electron chi connectivity index (χ2n) is 5.68. The topological polar surface area (TPSA) is 77.5 Å². The monoisotopic (exact) mass is 342 g/mol. The number of ether oxygens (including phenoxy) is 1. The van der Waals surface area contributed by atoms with Crippen LogP contribution in [0.15, 0.2) is 40.8 Å². The lowest BCUT2D eigenvalue weighted by Gasteiger charge is -2.18. The van der Waals surface area contributed by atoms with Crippen molar-refractivity contribution in [1.82, 2.24) is 5.32 Å². The Morgan fingerprint density at radius 3 is 2.52 bits per heavy atom. The van der Waals surface area contributed by atoms with Crippen molar-refractivity contribution in [1.29, 1.82) is 0 Å². The normalized spacial score (nSPS) is 10.8. The molecule has 0 unspecified atom stereocenters. The second-order valence-corrected chi connectivity index (χ2v) is 5.68. The van der Waals surface area contributed by atoms with Gasteiger partial charge in [-0.1, -0.05) is 0 Å². The number of amides is 1. The van der Waals surface area contributed by atoms with Gasteiger partial charge in [-0.15, -0.1) is 12.4 Å². The fourth-order valence-electron chi connectivity index (χ4n) is 1.66. The molecule has 0 atom stereocenters. The fourth-order valence-corrected chi connectivity index (χ4v) is 1.66. The molecule has 23 heavy (non-hydrogen) atoms. The number of carbonyl (C=O) groups is 1. The number of rotatable bonds is 6. The van der Waals surface area contributed by atoms with Crippen LogP contribution in [0, 0.1) is 5.82 Å². The van der Waals surface area contributed by atoms with Gasteiger partial charge in [0, 0.05) is 12.1 Å². The minimum Gasteiger partial charge on any atom is -0.486 e. The van der Waals surface area contributed by atoms with Crippen LogP contribution in [0.3, 0.4) is 0 Å². The summed E-state index contributed by atoms with van der Waals surface area (Å²) < 4.78 is 23.6. The van der Waals surface area contributed by atoms with E-state index >= 15 is 0 Å². The Morgan fingerprint density at radius 2 is 1.91 bits per heavy atom. The number of furan rings is 1. The molecule has 0 saturated heterocycles. The van der Waals surface area contributed by atoms with Crippen molar-refractivity contribution in [3.8, 4) is 5.75 Å². The van der Waals surface area contributed by atoms with Gasteiger partial charge in [-0.25, -0.2) is 4.39 Å². The van der Waals surface area contributed by atoms with Gasteiger partial charge in [0.25, 0.3) is 5.91 Å². The van der Waals surface area contributed by atoms with Crippen LogP contribution in [-0.4, -0.2) is 18.0 Å². The first-order valence-electron chi connectivity index (χ1n) is 6.88. The summed E-state index contributed by atoms with van der Waals surface area (Å²) in [6.45, 7) is 4.13. The average Bonchev–Trinajstić information content (AvgIpc) is 2.92. The quantitative estimate of drug-likeness (QED) is 0.846. The molecule has 0 fully saturated rings. The molecular formula is C16H20ClFN2O3. The van der Waals surface area contributed by atoms with Crippen LogP contribution >= 0.6 is 12.4 Å². The Balaban J connectivity index is 0.00000264. The predicted molar refractivity (Wildman–Crippen MR) is 87.3 cm³/mol. The summed E-state index contributed by atoms with van der Waals surface area (Å²) in [4.78, 5) is 11.9. The van der Waals surface area contributed by atoms with E-state index in [0.717, 1.165) is 0 Å². The van der Waals surface area contributed by atoms with Crippen molar-refractivity contribution in [3.05, 3.63) is 53.7 Å². The van der Waals surface area contributed by atoms with Gasteiger partial charge in [0.15, 0.2) is 5.76 Å². The first-order valence-corrected chi connectivity index (χ1v) is 6.88. The third kappa shape index (κ3) is 6.30. The first kappa shape index (κ1) is 19.0. The molecule has 0 saturated carbocycles. The highest BCUT2D eigenvalue weighted by atomic mass is 35.5. The van der Waals surface area contributed by atoms with Gasteiger partial charge in [-0.3, -0.25) is 4.79 Å². The molecule has 0 radical (unpaired) electrons. The number of halogens is 2. The molecule has 1 amide bonds. The van der Waals surface area contributed by atoms with Crippen LogP contribution in [0.25, 0.3) is 0 Å². The maximum Gasteiger partial charge on any atom is 0.287 e. The van der Waals surface area contributed by atoms with Crippen LogP contribution in [0.5, 0.6) is 5.75 Å². The summed E-state index contributed by atoms with van der Waals surface area (Å²) in [6.07, 6.45) is 0. The highest BCUT2D eigenvalue weighted by molar-refractivity contribution is 5.91. The second kappa shape index (κ2) is 7.99. The summed E-state index contributed by atoms with van der Waals surface area (Å²) in [5.41, 5.74) is 5.31. The largest absolute Gasteiger partial charge is 0.486 e. The Morgan fingerprint density at radius 1 is 1.26 bits per heavy atom. The van der Waals surface area contributed by atoms with Gasteiger partial charge in [-0.2, -0.15) is 0 Å². The van der Waals surface area contributed by atoms with E-state index in [1.807, 2.05) is 13.8 Å². The number of carbonyl (C=O) groups excluding carboxylic acids is 1. The van der Waals surface area contributed by atoms with Gasteiger partial charge in [-0.05, 0) is 50.2 Å². The van der Waals surface area contributed by atoms with E-state index in [0.29, 0.717) is 18.1 Å². The average molecular weight is 343 g/mol. The van der Waals surface area contributed by atoms with Crippen LogP contribution in [-0.2, 0) is 6.61 Å². The Labute approximate surface area is 140 Å². The molecule has 2 rings (SSSR count). The molecule has 0 bridgehead atoms. The van der Waals surface area contributed by atoms with Crippen molar-refractivity contribution in [2.24, 2.45) is 5.73 Å². The standard InChI is InChI=1S/C16H19FN2O3.ClH/c1-16(2,18)10-19-15(20)14-8-7-13(22-14)9-21-12-5-3-11(17)4-6-12;/h3-8H,9-10,18H2,1-2H3,(H,19,20);1H. The van der Waals surface area contributed by atoms with Crippen LogP contribution in [0.2, 0.25) is 0 Å². The van der Waals surface area contributed by atoms with Gasteiger partial charge < -0.3 is 20.2 Å². The molecule has 0 aliphatic carbocycles. The van der Waals surface area contributed by atoms with E-state index in [9.17, 15) is 9.18 Å². The van der Waals surface area contributed by atoms with E-state index in [1.165, 1.54) is 24.3 Å². The SMILES string of the molecule is CC(C)(N)CNC(=O)c1ccc(COc2ccc(F)cc2)o1.Cl. The number of benzene rings is 1. The predicted octanol–water partition coefficient (Wildman–Crippen LogP) is 2.89. The first-order chi connectivity index (χ1) is 10.3. The van der Waals surface area contributed by atoms with Crippen molar-refractivity contribution in [2.75, 3.05) is 6.54 Å². The summed E-state index contributed by atoms with van der Waals surface area (Å²) in [7, 11) is 0. The third-order valence-electron chi connectivity index (χ3n) is 2.78.